The van der Waals surface area contributed by atoms with E-state index < -0.39 is 10.0 Å². The Morgan fingerprint density at radius 2 is 1.82 bits per heavy atom. The van der Waals surface area contributed by atoms with Crippen LogP contribution in [0.5, 0.6) is 0 Å². The fourth-order valence-electron chi connectivity index (χ4n) is 4.86. The zero-order valence-electron chi connectivity index (χ0n) is 19.1. The van der Waals surface area contributed by atoms with E-state index in [2.05, 4.69) is 32.4 Å². The first kappa shape index (κ1) is 22.1. The van der Waals surface area contributed by atoms with E-state index in [9.17, 15) is 8.42 Å². The highest BCUT2D eigenvalue weighted by Gasteiger charge is 2.27. The van der Waals surface area contributed by atoms with E-state index >= 15 is 0 Å². The van der Waals surface area contributed by atoms with Crippen LogP contribution >= 0.6 is 0 Å². The molecule has 176 valence electrons. The Hall–Kier alpha value is -2.71. The molecule has 1 saturated carbocycles. The van der Waals surface area contributed by atoms with Gasteiger partial charge in [0.05, 0.1) is 35.9 Å². The van der Waals surface area contributed by atoms with Gasteiger partial charge in [0.1, 0.15) is 0 Å². The molecule has 1 saturated heterocycles. The Bertz CT molecular complexity index is 1240. The van der Waals surface area contributed by atoms with Crippen LogP contribution < -0.4 is 15.4 Å². The van der Waals surface area contributed by atoms with Gasteiger partial charge in [0.25, 0.3) is 0 Å². The van der Waals surface area contributed by atoms with E-state index in [1.165, 1.54) is 17.6 Å². The van der Waals surface area contributed by atoms with Gasteiger partial charge in [0.15, 0.2) is 0 Å². The minimum atomic E-state index is -3.32. The van der Waals surface area contributed by atoms with Crippen molar-refractivity contribution in [3.05, 3.63) is 42.5 Å². The molecule has 2 aliphatic rings. The van der Waals surface area contributed by atoms with Crippen LogP contribution in [0.3, 0.4) is 0 Å². The number of anilines is 3. The van der Waals surface area contributed by atoms with Crippen LogP contribution in [0.15, 0.2) is 42.5 Å². The van der Waals surface area contributed by atoms with Crippen LogP contribution in [0.2, 0.25) is 0 Å². The van der Waals surface area contributed by atoms with E-state index in [1.54, 1.807) is 0 Å². The third-order valence-electron chi connectivity index (χ3n) is 6.75. The van der Waals surface area contributed by atoms with Crippen LogP contribution in [-0.4, -0.2) is 45.0 Å². The van der Waals surface area contributed by atoms with E-state index in [-0.39, 0.29) is 5.75 Å². The third-order valence-corrected chi connectivity index (χ3v) is 8.24. The average Bonchev–Trinajstić information content (AvgIpc) is 3.05. The molecule has 2 aromatic carbocycles. The molecule has 0 bridgehead atoms. The van der Waals surface area contributed by atoms with Crippen LogP contribution in [0.4, 0.5) is 17.1 Å². The maximum Gasteiger partial charge on any atom is 0.232 e. The van der Waals surface area contributed by atoms with Crippen molar-refractivity contribution in [1.82, 2.24) is 4.57 Å². The van der Waals surface area contributed by atoms with Gasteiger partial charge >= 0.3 is 0 Å². The minimum absolute atomic E-state index is 0.114. The van der Waals surface area contributed by atoms with E-state index in [0.717, 1.165) is 61.5 Å². The van der Waals surface area contributed by atoms with Crippen molar-refractivity contribution in [3.63, 3.8) is 0 Å². The molecule has 8 heteroatoms. The largest absolute Gasteiger partial charge is 0.396 e. The van der Waals surface area contributed by atoms with Crippen LogP contribution in [-0.2, 0) is 14.8 Å². The topological polar surface area (TPSA) is 89.6 Å². The number of nitrogens with zero attached hydrogens (tertiary/aromatic N) is 2. The van der Waals surface area contributed by atoms with Gasteiger partial charge in [-0.2, -0.15) is 0 Å². The lowest BCUT2D eigenvalue weighted by molar-refractivity contribution is 0.122. The van der Waals surface area contributed by atoms with Crippen molar-refractivity contribution < 1.29 is 13.2 Å². The fourth-order valence-corrected chi connectivity index (χ4v) is 5.99. The Morgan fingerprint density at radius 3 is 2.45 bits per heavy atom. The van der Waals surface area contributed by atoms with Crippen molar-refractivity contribution >= 4 is 38.0 Å². The zero-order valence-corrected chi connectivity index (χ0v) is 19.9. The molecule has 2 heterocycles. The van der Waals surface area contributed by atoms with Crippen molar-refractivity contribution in [2.45, 2.75) is 38.6 Å². The summed E-state index contributed by atoms with van der Waals surface area (Å²) in [6.07, 6.45) is 4.10. The summed E-state index contributed by atoms with van der Waals surface area (Å²) >= 11 is 0. The van der Waals surface area contributed by atoms with Gasteiger partial charge in [-0.1, -0.05) is 19.1 Å². The third kappa shape index (κ3) is 4.29. The molecule has 3 N–H and O–H groups in total. The Morgan fingerprint density at radius 1 is 1.09 bits per heavy atom. The molecule has 1 aliphatic carbocycles. The van der Waals surface area contributed by atoms with Crippen molar-refractivity contribution in [1.29, 1.82) is 0 Å². The first-order valence-corrected chi connectivity index (χ1v) is 13.5. The summed E-state index contributed by atoms with van der Waals surface area (Å²) < 4.78 is 34.9. The summed E-state index contributed by atoms with van der Waals surface area (Å²) in [4.78, 5) is 2.37. The Kier molecular flexibility index (Phi) is 5.97. The number of aromatic nitrogens is 1. The van der Waals surface area contributed by atoms with Crippen LogP contribution in [0, 0.1) is 0 Å². The Balaban J connectivity index is 1.55. The molecule has 7 nitrogen and oxygen atoms in total. The van der Waals surface area contributed by atoms with Crippen LogP contribution in [0.25, 0.3) is 22.2 Å². The van der Waals surface area contributed by atoms with Crippen molar-refractivity contribution in [2.24, 2.45) is 0 Å². The summed E-state index contributed by atoms with van der Waals surface area (Å²) in [6, 6.07) is 14.6. The monoisotopic (exact) mass is 468 g/mol. The normalized spacial score (nSPS) is 17.3. The van der Waals surface area contributed by atoms with Gasteiger partial charge in [-0.15, -0.1) is 0 Å². The number of hydrogen-bond acceptors (Lipinski definition) is 5. The van der Waals surface area contributed by atoms with Gasteiger partial charge in [-0.3, -0.25) is 4.72 Å². The number of benzene rings is 2. The molecule has 33 heavy (non-hydrogen) atoms. The number of fused-ring (bicyclic) bond motifs is 1. The van der Waals surface area contributed by atoms with Gasteiger partial charge in [0.2, 0.25) is 10.0 Å². The minimum Gasteiger partial charge on any atom is -0.396 e. The molecule has 0 atom stereocenters. The second kappa shape index (κ2) is 8.91. The second-order valence-electron chi connectivity index (χ2n) is 9.02. The predicted molar refractivity (Wildman–Crippen MR) is 135 cm³/mol. The van der Waals surface area contributed by atoms with E-state index in [4.69, 9.17) is 10.5 Å². The van der Waals surface area contributed by atoms with Crippen LogP contribution in [0.1, 0.15) is 38.6 Å². The molecule has 1 aliphatic heterocycles. The van der Waals surface area contributed by atoms with E-state index in [1.807, 2.05) is 31.2 Å². The van der Waals surface area contributed by atoms with Crippen molar-refractivity contribution in [2.75, 3.05) is 47.4 Å². The summed E-state index contributed by atoms with van der Waals surface area (Å²) in [7, 11) is -3.32. The summed E-state index contributed by atoms with van der Waals surface area (Å²) in [5.41, 5.74) is 12.5. The number of nitrogens with one attached hydrogen (secondary N) is 1. The molecule has 1 aromatic heterocycles. The lowest BCUT2D eigenvalue weighted by Gasteiger charge is -2.31. The second-order valence-corrected chi connectivity index (χ2v) is 10.9. The molecule has 0 radical (unpaired) electrons. The lowest BCUT2D eigenvalue weighted by atomic mass is 9.92. The summed E-state index contributed by atoms with van der Waals surface area (Å²) in [5.74, 6) is 0.114. The average molecular weight is 469 g/mol. The van der Waals surface area contributed by atoms with Gasteiger partial charge in [0, 0.05) is 41.5 Å². The Labute approximate surface area is 195 Å². The summed E-state index contributed by atoms with van der Waals surface area (Å²) in [5, 5.41) is 1.07. The molecule has 2 fully saturated rings. The van der Waals surface area contributed by atoms with E-state index in [0.29, 0.717) is 18.2 Å². The molecular weight excluding hydrogens is 436 g/mol. The number of rotatable bonds is 7. The number of morpholine rings is 1. The zero-order chi connectivity index (χ0) is 23.0. The highest BCUT2D eigenvalue weighted by molar-refractivity contribution is 7.92. The number of ether oxygens (including phenoxy) is 1. The number of nitrogens with two attached hydrogens (primary N) is 1. The van der Waals surface area contributed by atoms with Gasteiger partial charge in [-0.05, 0) is 56.0 Å². The number of hydrogen-bond donors (Lipinski definition) is 2. The first-order valence-electron chi connectivity index (χ1n) is 11.8. The predicted octanol–water partition coefficient (Wildman–Crippen LogP) is 4.60. The molecule has 3 aromatic rings. The lowest BCUT2D eigenvalue weighted by Crippen LogP contribution is -2.36. The number of nitrogen functional groups attached to an aromatic ring is 1. The fraction of sp³-hybridized carbons (Fsp3) is 0.440. The highest BCUT2D eigenvalue weighted by atomic mass is 32.2. The SMILES string of the molecule is CCCS(=O)(=O)Nc1ccc(-c2c(N)c3ccc(N4CCOCC4)cc3n2C2CCC2)cc1. The standard InChI is InChI=1S/C25H32N4O3S/c1-2-16-33(30,31)27-19-8-6-18(7-9-19)25-24(26)22-11-10-21(28-12-14-32-15-13-28)17-23(22)29(25)20-4-3-5-20/h6-11,17,20,27H,2-5,12-16,26H2,1H3. The molecule has 5 rings (SSSR count). The quantitative estimate of drug-likeness (QED) is 0.529. The highest BCUT2D eigenvalue weighted by Crippen LogP contribution is 2.45. The maximum absolute atomic E-state index is 12.1. The van der Waals surface area contributed by atoms with Gasteiger partial charge < -0.3 is 19.9 Å². The van der Waals surface area contributed by atoms with Crippen molar-refractivity contribution in [3.8, 4) is 11.3 Å². The smallest absolute Gasteiger partial charge is 0.232 e. The molecule has 0 amide bonds. The maximum atomic E-state index is 12.1. The number of sulfonamides is 1. The summed E-state index contributed by atoms with van der Waals surface area (Å²) in [6.45, 7) is 5.16. The first-order chi connectivity index (χ1) is 16.0. The molecular formula is C25H32N4O3S. The molecule has 0 spiro atoms. The van der Waals surface area contributed by atoms with Gasteiger partial charge in [-0.25, -0.2) is 8.42 Å². The molecule has 0 unspecified atom stereocenters.